The van der Waals surface area contributed by atoms with Crippen LogP contribution in [0.25, 0.3) is 88.7 Å². The van der Waals surface area contributed by atoms with Crippen LogP contribution in [0, 0.1) is 0 Å². The van der Waals surface area contributed by atoms with Crippen LogP contribution < -0.4 is 4.90 Å². The third-order valence-electron chi connectivity index (χ3n) is 11.9. The Bertz CT molecular complexity index is 3310. The minimum Gasteiger partial charge on any atom is -0.455 e. The summed E-state index contributed by atoms with van der Waals surface area (Å²) >= 11 is 0. The van der Waals surface area contributed by atoms with Gasteiger partial charge in [0.05, 0.1) is 5.69 Å². The van der Waals surface area contributed by atoms with E-state index in [0.29, 0.717) is 0 Å². The molecule has 11 aromatic rings. The van der Waals surface area contributed by atoms with Crippen molar-refractivity contribution in [2.75, 3.05) is 4.90 Å². The van der Waals surface area contributed by atoms with Gasteiger partial charge in [-0.2, -0.15) is 0 Å². The molecule has 0 radical (unpaired) electrons. The molecule has 0 aliphatic heterocycles. The number of hydrogen-bond acceptors (Lipinski definition) is 2. The molecular weight excluding hydrogens is 751 g/mol. The average molecular weight is 792 g/mol. The molecule has 0 N–H and O–H groups in total. The largest absolute Gasteiger partial charge is 0.455 e. The van der Waals surface area contributed by atoms with Crippen molar-refractivity contribution in [2.24, 2.45) is 0 Å². The van der Waals surface area contributed by atoms with Crippen molar-refractivity contribution < 1.29 is 4.42 Å². The standard InChI is InChI=1S/C60H41NO/c1-3-14-42(15-4-1)49-20-11-21-50(40-49)46-34-38-54(39-35-46)61(57-26-13-19-47-16-7-8-24-55(47)57)53-36-32-44(33-37-53)43-28-30-45(31-29-43)51-22-12-23-52(41-51)60-59(48-17-5-2-6-18-48)56-25-9-10-27-58(56)62-60/h1-41H. The van der Waals surface area contributed by atoms with Gasteiger partial charge in [0.1, 0.15) is 11.3 Å². The number of hydrogen-bond donors (Lipinski definition) is 0. The van der Waals surface area contributed by atoms with Crippen LogP contribution in [0.2, 0.25) is 0 Å². The minimum absolute atomic E-state index is 0.887. The molecule has 0 amide bonds. The van der Waals surface area contributed by atoms with Crippen LogP contribution >= 0.6 is 0 Å². The van der Waals surface area contributed by atoms with Crippen LogP contribution in [0.15, 0.2) is 253 Å². The van der Waals surface area contributed by atoms with Crippen LogP contribution in [-0.4, -0.2) is 0 Å². The summed E-state index contributed by atoms with van der Waals surface area (Å²) in [5.74, 6) is 0.887. The summed E-state index contributed by atoms with van der Waals surface area (Å²) in [5, 5.41) is 3.53. The van der Waals surface area contributed by atoms with Crippen LogP contribution in [0.5, 0.6) is 0 Å². The van der Waals surface area contributed by atoms with Gasteiger partial charge in [-0.05, 0) is 104 Å². The summed E-state index contributed by atoms with van der Waals surface area (Å²) in [6.45, 7) is 0. The first-order valence-electron chi connectivity index (χ1n) is 21.2. The zero-order chi connectivity index (χ0) is 41.2. The second-order valence-corrected chi connectivity index (χ2v) is 15.7. The molecule has 2 nitrogen and oxygen atoms in total. The molecule has 0 unspecified atom stereocenters. The topological polar surface area (TPSA) is 16.4 Å². The van der Waals surface area contributed by atoms with Crippen LogP contribution in [0.4, 0.5) is 17.1 Å². The van der Waals surface area contributed by atoms with Crippen molar-refractivity contribution in [1.29, 1.82) is 0 Å². The van der Waals surface area contributed by atoms with E-state index in [0.717, 1.165) is 67.2 Å². The molecule has 2 heteroatoms. The van der Waals surface area contributed by atoms with Gasteiger partial charge in [0.15, 0.2) is 0 Å². The maximum absolute atomic E-state index is 6.55. The Hall–Kier alpha value is -8.20. The lowest BCUT2D eigenvalue weighted by Gasteiger charge is -2.27. The number of benzene rings is 10. The molecule has 11 rings (SSSR count). The van der Waals surface area contributed by atoms with Gasteiger partial charge in [0.2, 0.25) is 0 Å². The number of anilines is 3. The second-order valence-electron chi connectivity index (χ2n) is 15.7. The van der Waals surface area contributed by atoms with Crippen molar-refractivity contribution in [3.63, 3.8) is 0 Å². The predicted molar refractivity (Wildman–Crippen MR) is 261 cm³/mol. The Kier molecular flexibility index (Phi) is 9.57. The Morgan fingerprint density at radius 3 is 1.29 bits per heavy atom. The minimum atomic E-state index is 0.887. The second kappa shape index (κ2) is 16.1. The highest BCUT2D eigenvalue weighted by molar-refractivity contribution is 6.02. The van der Waals surface area contributed by atoms with E-state index in [-0.39, 0.29) is 0 Å². The number of nitrogens with zero attached hydrogens (tertiary/aromatic N) is 1. The third kappa shape index (κ3) is 7.04. The molecule has 1 heterocycles. The van der Waals surface area contributed by atoms with E-state index in [1.165, 1.54) is 38.6 Å². The Labute approximate surface area is 362 Å². The van der Waals surface area contributed by atoms with E-state index in [4.69, 9.17) is 4.42 Å². The van der Waals surface area contributed by atoms with E-state index < -0.39 is 0 Å². The molecule has 0 spiro atoms. The molecule has 0 bridgehead atoms. The highest BCUT2D eigenvalue weighted by atomic mass is 16.3. The van der Waals surface area contributed by atoms with Crippen LogP contribution in [-0.2, 0) is 0 Å². The number of fused-ring (bicyclic) bond motifs is 2. The lowest BCUT2D eigenvalue weighted by Crippen LogP contribution is -2.10. The molecule has 62 heavy (non-hydrogen) atoms. The molecule has 10 aromatic carbocycles. The van der Waals surface area contributed by atoms with Crippen molar-refractivity contribution in [3.8, 4) is 67.0 Å². The summed E-state index contributed by atoms with van der Waals surface area (Å²) in [7, 11) is 0. The zero-order valence-corrected chi connectivity index (χ0v) is 34.0. The lowest BCUT2D eigenvalue weighted by atomic mass is 9.95. The number of rotatable bonds is 9. The first-order valence-corrected chi connectivity index (χ1v) is 21.2. The van der Waals surface area contributed by atoms with Gasteiger partial charge < -0.3 is 9.32 Å². The molecular formula is C60H41NO. The molecule has 0 aliphatic rings. The fourth-order valence-corrected chi connectivity index (χ4v) is 8.78. The Morgan fingerprint density at radius 1 is 0.274 bits per heavy atom. The van der Waals surface area contributed by atoms with Gasteiger partial charge in [0, 0.05) is 33.3 Å². The van der Waals surface area contributed by atoms with Crippen LogP contribution in [0.1, 0.15) is 0 Å². The predicted octanol–water partition coefficient (Wildman–Crippen LogP) is 17.1. The molecule has 0 atom stereocenters. The van der Waals surface area contributed by atoms with Gasteiger partial charge in [-0.25, -0.2) is 0 Å². The molecule has 0 saturated carbocycles. The maximum Gasteiger partial charge on any atom is 0.143 e. The maximum atomic E-state index is 6.55. The molecule has 292 valence electrons. The highest BCUT2D eigenvalue weighted by Gasteiger charge is 2.19. The van der Waals surface area contributed by atoms with Crippen LogP contribution in [0.3, 0.4) is 0 Å². The zero-order valence-electron chi connectivity index (χ0n) is 34.0. The third-order valence-corrected chi connectivity index (χ3v) is 11.9. The van der Waals surface area contributed by atoms with Gasteiger partial charge >= 0.3 is 0 Å². The lowest BCUT2D eigenvalue weighted by molar-refractivity contribution is 0.632. The van der Waals surface area contributed by atoms with Gasteiger partial charge in [0.25, 0.3) is 0 Å². The van der Waals surface area contributed by atoms with E-state index in [1.807, 2.05) is 12.1 Å². The van der Waals surface area contributed by atoms with Crippen molar-refractivity contribution in [1.82, 2.24) is 0 Å². The summed E-state index contributed by atoms with van der Waals surface area (Å²) in [6, 6.07) is 88.8. The summed E-state index contributed by atoms with van der Waals surface area (Å²) in [5.41, 5.74) is 17.0. The van der Waals surface area contributed by atoms with Gasteiger partial charge in [-0.3, -0.25) is 0 Å². The molecule has 0 aliphatic carbocycles. The quantitative estimate of drug-likeness (QED) is 0.145. The summed E-state index contributed by atoms with van der Waals surface area (Å²) in [4.78, 5) is 2.37. The van der Waals surface area contributed by atoms with E-state index >= 15 is 0 Å². The summed E-state index contributed by atoms with van der Waals surface area (Å²) < 4.78 is 6.55. The first-order chi connectivity index (χ1) is 30.7. The highest BCUT2D eigenvalue weighted by Crippen LogP contribution is 2.43. The first kappa shape index (κ1) is 36.8. The Balaban J connectivity index is 0.901. The molecule has 0 saturated heterocycles. The monoisotopic (exact) mass is 791 g/mol. The SMILES string of the molecule is c1ccc(-c2cccc(-c3ccc(N(c4ccc(-c5ccc(-c6cccc(-c7oc8ccccc8c7-c7ccccc7)c6)cc5)cc4)c4cccc5ccccc45)cc3)c2)cc1. The fourth-order valence-electron chi connectivity index (χ4n) is 8.78. The normalized spacial score (nSPS) is 11.2. The van der Waals surface area contributed by atoms with Gasteiger partial charge in [-0.1, -0.05) is 200 Å². The molecule has 0 fully saturated rings. The number of furan rings is 1. The fraction of sp³-hybridized carbons (Fsp3) is 0. The van der Waals surface area contributed by atoms with Crippen molar-refractivity contribution in [3.05, 3.63) is 249 Å². The Morgan fingerprint density at radius 2 is 0.677 bits per heavy atom. The number of para-hydroxylation sites is 1. The van der Waals surface area contributed by atoms with Gasteiger partial charge in [-0.15, -0.1) is 0 Å². The van der Waals surface area contributed by atoms with E-state index in [9.17, 15) is 0 Å². The average Bonchev–Trinajstić information content (AvgIpc) is 3.75. The van der Waals surface area contributed by atoms with Crippen molar-refractivity contribution >= 4 is 38.8 Å². The van der Waals surface area contributed by atoms with E-state index in [1.54, 1.807) is 0 Å². The van der Waals surface area contributed by atoms with Crippen molar-refractivity contribution in [2.45, 2.75) is 0 Å². The van der Waals surface area contributed by atoms with E-state index in [2.05, 4.69) is 241 Å². The summed E-state index contributed by atoms with van der Waals surface area (Å²) in [6.07, 6.45) is 0. The smallest absolute Gasteiger partial charge is 0.143 e. The molecule has 1 aromatic heterocycles.